The predicted octanol–water partition coefficient (Wildman–Crippen LogP) is 5.22. The lowest BCUT2D eigenvalue weighted by Crippen LogP contribution is -2.39. The van der Waals surface area contributed by atoms with Crippen LogP contribution in [0.25, 0.3) is 0 Å². The zero-order valence-electron chi connectivity index (χ0n) is 16.0. The zero-order chi connectivity index (χ0) is 20.7. The molecule has 7 heteroatoms. The normalized spacial score (nSPS) is 23.3. The summed E-state index contributed by atoms with van der Waals surface area (Å²) < 4.78 is 4.92. The monoisotopic (exact) mass is 430 g/mol. The first-order chi connectivity index (χ1) is 13.9. The molecule has 0 unspecified atom stereocenters. The van der Waals surface area contributed by atoms with Crippen LogP contribution in [0.5, 0.6) is 0 Å². The number of halogens is 2. The summed E-state index contributed by atoms with van der Waals surface area (Å²) in [6, 6.07) is 12.6. The van der Waals surface area contributed by atoms with Gasteiger partial charge in [0.05, 0.1) is 34.6 Å². The minimum Gasteiger partial charge on any atom is -0.468 e. The van der Waals surface area contributed by atoms with Gasteiger partial charge in [0.1, 0.15) is 5.92 Å². The van der Waals surface area contributed by atoms with Gasteiger partial charge in [0, 0.05) is 11.3 Å². The standard InChI is InChI=1S/C22H20Cl2N2O3/c1-11-9-17-19(21(27)18(11)22(28)29-2)20(12-7-8-13(23)14(24)10-12)26-16-6-4-3-5-15(16)25-17/h3-8,10-11,18,20,25-26H,9H2,1-2H3/t11-,18+,20+/m0/s1. The molecule has 2 aliphatic rings. The summed E-state index contributed by atoms with van der Waals surface area (Å²) in [5, 5.41) is 7.70. The number of carbonyl (C=O) groups excluding carboxylic acids is 2. The molecule has 0 bridgehead atoms. The van der Waals surface area contributed by atoms with Crippen LogP contribution < -0.4 is 10.6 Å². The van der Waals surface area contributed by atoms with E-state index in [9.17, 15) is 9.59 Å². The third kappa shape index (κ3) is 3.49. The molecule has 5 nitrogen and oxygen atoms in total. The Bertz CT molecular complexity index is 1030. The number of Topliss-reactive ketones (excluding diaryl/α,β-unsaturated/α-hetero) is 1. The van der Waals surface area contributed by atoms with Crippen LogP contribution in [0, 0.1) is 11.8 Å². The Labute approximate surface area is 179 Å². The molecule has 1 heterocycles. The van der Waals surface area contributed by atoms with Crippen LogP contribution >= 0.6 is 23.2 Å². The van der Waals surface area contributed by atoms with Gasteiger partial charge in [-0.25, -0.2) is 0 Å². The smallest absolute Gasteiger partial charge is 0.316 e. The van der Waals surface area contributed by atoms with Crippen LogP contribution in [-0.2, 0) is 14.3 Å². The number of para-hydroxylation sites is 2. The first-order valence-electron chi connectivity index (χ1n) is 9.33. The minimum atomic E-state index is -0.839. The van der Waals surface area contributed by atoms with Gasteiger partial charge in [-0.05, 0) is 42.2 Å². The number of nitrogens with one attached hydrogen (secondary N) is 2. The van der Waals surface area contributed by atoms with Gasteiger partial charge in [0.2, 0.25) is 0 Å². The van der Waals surface area contributed by atoms with E-state index in [4.69, 9.17) is 27.9 Å². The van der Waals surface area contributed by atoms with Crippen LogP contribution in [0.3, 0.4) is 0 Å². The number of hydrogen-bond donors (Lipinski definition) is 2. The fraction of sp³-hybridized carbons (Fsp3) is 0.273. The lowest BCUT2D eigenvalue weighted by atomic mass is 9.75. The number of fused-ring (bicyclic) bond motifs is 1. The third-order valence-corrected chi connectivity index (χ3v) is 6.24. The highest BCUT2D eigenvalue weighted by molar-refractivity contribution is 6.42. The Hall–Kier alpha value is -2.50. The summed E-state index contributed by atoms with van der Waals surface area (Å²) in [5.74, 6) is -1.77. The molecule has 2 N–H and O–H groups in total. The average molecular weight is 431 g/mol. The van der Waals surface area contributed by atoms with E-state index >= 15 is 0 Å². The lowest BCUT2D eigenvalue weighted by molar-refractivity contribution is -0.151. The zero-order valence-corrected chi connectivity index (χ0v) is 17.5. The number of anilines is 2. The number of benzene rings is 2. The lowest BCUT2D eigenvalue weighted by Gasteiger charge is -2.32. The fourth-order valence-electron chi connectivity index (χ4n) is 4.08. The van der Waals surface area contributed by atoms with Crippen molar-refractivity contribution in [1.82, 2.24) is 0 Å². The minimum absolute atomic E-state index is 0.180. The number of rotatable bonds is 2. The Morgan fingerprint density at radius 1 is 1.10 bits per heavy atom. The van der Waals surface area contributed by atoms with E-state index in [1.54, 1.807) is 12.1 Å². The molecule has 4 rings (SSSR count). The molecular weight excluding hydrogens is 411 g/mol. The number of esters is 1. The molecule has 1 aliphatic carbocycles. The number of ether oxygens (including phenoxy) is 1. The molecule has 3 atom stereocenters. The molecule has 150 valence electrons. The molecule has 29 heavy (non-hydrogen) atoms. The number of hydrogen-bond acceptors (Lipinski definition) is 5. The van der Waals surface area contributed by atoms with Crippen LogP contribution in [0.1, 0.15) is 24.9 Å². The molecule has 0 aromatic heterocycles. The van der Waals surface area contributed by atoms with Gasteiger partial charge in [0.25, 0.3) is 0 Å². The number of ketones is 1. The highest BCUT2D eigenvalue weighted by atomic mass is 35.5. The molecule has 0 radical (unpaired) electrons. The van der Waals surface area contributed by atoms with Gasteiger partial charge >= 0.3 is 5.97 Å². The highest BCUT2D eigenvalue weighted by Gasteiger charge is 2.44. The molecule has 2 aromatic carbocycles. The van der Waals surface area contributed by atoms with Crippen molar-refractivity contribution in [3.63, 3.8) is 0 Å². The molecule has 0 spiro atoms. The van der Waals surface area contributed by atoms with Gasteiger partial charge < -0.3 is 15.4 Å². The van der Waals surface area contributed by atoms with Crippen LogP contribution in [0.15, 0.2) is 53.7 Å². The second kappa shape index (κ2) is 7.73. The maximum Gasteiger partial charge on any atom is 0.316 e. The Morgan fingerprint density at radius 3 is 2.52 bits per heavy atom. The van der Waals surface area contributed by atoms with Gasteiger partial charge in [0.15, 0.2) is 5.78 Å². The summed E-state index contributed by atoms with van der Waals surface area (Å²) in [6.07, 6.45) is 0.550. The number of methoxy groups -OCH3 is 1. The van der Waals surface area contributed by atoms with Crippen molar-refractivity contribution in [2.45, 2.75) is 19.4 Å². The second-order valence-electron chi connectivity index (χ2n) is 7.36. The number of carbonyl (C=O) groups is 2. The van der Waals surface area contributed by atoms with Crippen molar-refractivity contribution in [2.75, 3.05) is 17.7 Å². The largest absolute Gasteiger partial charge is 0.468 e. The van der Waals surface area contributed by atoms with E-state index in [-0.39, 0.29) is 11.7 Å². The Kier molecular flexibility index (Phi) is 5.28. The molecule has 0 saturated carbocycles. The van der Waals surface area contributed by atoms with E-state index in [0.717, 1.165) is 22.6 Å². The Morgan fingerprint density at radius 2 is 1.83 bits per heavy atom. The second-order valence-corrected chi connectivity index (χ2v) is 8.17. The maximum atomic E-state index is 13.5. The third-order valence-electron chi connectivity index (χ3n) is 5.50. The summed E-state index contributed by atoms with van der Waals surface area (Å²) >= 11 is 12.4. The fourth-order valence-corrected chi connectivity index (χ4v) is 4.38. The maximum absolute atomic E-state index is 13.5. The van der Waals surface area contributed by atoms with Gasteiger partial charge in [-0.1, -0.05) is 48.3 Å². The SMILES string of the molecule is COC(=O)[C@H]1C(=O)C2=C(C[C@@H]1C)Nc1ccccc1N[C@@H]2c1ccc(Cl)c(Cl)c1. The quantitative estimate of drug-likeness (QED) is 0.504. The molecule has 0 fully saturated rings. The van der Waals surface area contributed by atoms with Crippen molar-refractivity contribution >= 4 is 46.3 Å². The molecule has 0 saturated heterocycles. The van der Waals surface area contributed by atoms with Gasteiger partial charge in [-0.3, -0.25) is 9.59 Å². The van der Waals surface area contributed by atoms with E-state index in [2.05, 4.69) is 10.6 Å². The van der Waals surface area contributed by atoms with Crippen LogP contribution in [0.2, 0.25) is 10.0 Å². The number of allylic oxidation sites excluding steroid dienone is 1. The average Bonchev–Trinajstić information content (AvgIpc) is 2.86. The molecular formula is C22H20Cl2N2O3. The van der Waals surface area contributed by atoms with Crippen LogP contribution in [-0.4, -0.2) is 18.9 Å². The summed E-state index contributed by atoms with van der Waals surface area (Å²) in [4.78, 5) is 25.9. The predicted molar refractivity (Wildman–Crippen MR) is 114 cm³/mol. The first kappa shape index (κ1) is 19.8. The van der Waals surface area contributed by atoms with Crippen molar-refractivity contribution < 1.29 is 14.3 Å². The molecule has 0 amide bonds. The molecule has 1 aliphatic heterocycles. The topological polar surface area (TPSA) is 67.4 Å². The summed E-state index contributed by atoms with van der Waals surface area (Å²) in [5.41, 5.74) is 3.84. The van der Waals surface area contributed by atoms with Gasteiger partial charge in [-0.2, -0.15) is 0 Å². The first-order valence-corrected chi connectivity index (χ1v) is 10.1. The van der Waals surface area contributed by atoms with E-state index in [0.29, 0.717) is 22.0 Å². The Balaban J connectivity index is 1.89. The van der Waals surface area contributed by atoms with Gasteiger partial charge in [-0.15, -0.1) is 0 Å². The highest BCUT2D eigenvalue weighted by Crippen LogP contribution is 2.44. The van der Waals surface area contributed by atoms with E-state index < -0.39 is 17.9 Å². The van der Waals surface area contributed by atoms with Crippen molar-refractivity contribution in [3.8, 4) is 0 Å². The summed E-state index contributed by atoms with van der Waals surface area (Å²) in [7, 11) is 1.31. The van der Waals surface area contributed by atoms with Crippen LogP contribution in [0.4, 0.5) is 11.4 Å². The molecule has 2 aromatic rings. The van der Waals surface area contributed by atoms with E-state index in [1.807, 2.05) is 37.3 Å². The van der Waals surface area contributed by atoms with Crippen molar-refractivity contribution in [3.05, 3.63) is 69.3 Å². The van der Waals surface area contributed by atoms with Crippen molar-refractivity contribution in [2.24, 2.45) is 11.8 Å². The van der Waals surface area contributed by atoms with E-state index in [1.165, 1.54) is 7.11 Å². The summed E-state index contributed by atoms with van der Waals surface area (Å²) in [6.45, 7) is 1.89. The van der Waals surface area contributed by atoms with Crippen molar-refractivity contribution in [1.29, 1.82) is 0 Å².